The van der Waals surface area contributed by atoms with Crippen LogP contribution in [0.5, 0.6) is 0 Å². The first-order chi connectivity index (χ1) is 15.9. The predicted octanol–water partition coefficient (Wildman–Crippen LogP) is 3.80. The summed E-state index contributed by atoms with van der Waals surface area (Å²) in [5.74, 6) is 0. The van der Waals surface area contributed by atoms with Crippen LogP contribution in [0, 0.1) is 11.6 Å². The van der Waals surface area contributed by atoms with Gasteiger partial charge in [-0.25, -0.2) is 4.57 Å². The van der Waals surface area contributed by atoms with E-state index in [-0.39, 0.29) is 63.5 Å². The molecule has 0 unspecified atom stereocenters. The summed E-state index contributed by atoms with van der Waals surface area (Å²) in [5, 5.41) is 0. The summed E-state index contributed by atoms with van der Waals surface area (Å²) in [7, 11) is -7.07. The van der Waals surface area contributed by atoms with Gasteiger partial charge in [-0.05, 0) is 88.0 Å². The van der Waals surface area contributed by atoms with E-state index in [1.807, 2.05) is 4.93 Å². The Kier molecular flexibility index (Phi) is 29.5. The molecule has 0 bridgehead atoms. The Morgan fingerprint density at radius 2 is 1.03 bits per heavy atom. The van der Waals surface area contributed by atoms with Crippen LogP contribution in [-0.4, -0.2) is 47.9 Å². The SMILES string of the molecule is CC(C)(C)OP(=O)(OCCl)OC(C)(C)C.CC(C)(C)OP(=O)([O-])OC(C)(C)C.CI.O=S(=O)(Cl)OC[ClH+].[K+]. The summed E-state index contributed by atoms with van der Waals surface area (Å²) in [6.45, 7) is 20.5. The summed E-state index contributed by atoms with van der Waals surface area (Å²) >= 11 is 11.7. The Morgan fingerprint density at radius 3 is 1.16 bits per heavy atom. The summed E-state index contributed by atoms with van der Waals surface area (Å²) in [6, 6.07) is -0.560. The molecule has 0 N–H and O–H groups in total. The molecule has 0 heterocycles. The van der Waals surface area contributed by atoms with Gasteiger partial charge < -0.3 is 13.9 Å². The standard InChI is InChI=1S/C9H20ClO4P.C8H19O4P.CH3Cl2O3S.CH3I.K/c1-8(2,3)13-15(11,12-7-10)14-9(4,5)6;1-7(2,3)11-13(9,10)12-8(4,5)6;2-1-6-7(3,4)5;1-2;/h7H2,1-6H3;1-6H3,(H,9,10);2H,1H2;1H3;/q;;+1;;+1/p-1. The van der Waals surface area contributed by atoms with E-state index in [9.17, 15) is 22.4 Å². The zero-order valence-electron chi connectivity index (χ0n) is 24.7. The molecule has 0 radical (unpaired) electrons. The molecule has 0 aromatic rings. The van der Waals surface area contributed by atoms with Crippen molar-refractivity contribution in [1.82, 2.24) is 0 Å². The van der Waals surface area contributed by atoms with Crippen LogP contribution in [0.15, 0.2) is 0 Å². The molecule has 0 saturated carbocycles. The molecule has 0 spiro atoms. The smallest absolute Gasteiger partial charge is 0.756 e. The van der Waals surface area contributed by atoms with Crippen LogP contribution < -0.4 is 56.3 Å². The Labute approximate surface area is 300 Å². The van der Waals surface area contributed by atoms with Gasteiger partial charge in [-0.1, -0.05) is 34.2 Å². The van der Waals surface area contributed by atoms with Crippen molar-refractivity contribution in [1.29, 1.82) is 0 Å². The number of alkyl halides is 3. The van der Waals surface area contributed by atoms with Gasteiger partial charge in [-0.3, -0.25) is 18.1 Å². The van der Waals surface area contributed by atoms with E-state index in [1.54, 1.807) is 83.1 Å². The van der Waals surface area contributed by atoms with E-state index in [2.05, 4.69) is 49.1 Å². The molecule has 0 atom stereocenters. The molecular weight excluding hydrogens is 771 g/mol. The van der Waals surface area contributed by atoms with Crippen LogP contribution in [0.25, 0.3) is 0 Å². The van der Waals surface area contributed by atoms with Crippen molar-refractivity contribution in [2.24, 2.45) is 0 Å². The zero-order chi connectivity index (χ0) is 31.2. The maximum atomic E-state index is 12.1. The number of phosphoric acid groups is 2. The average Bonchev–Trinajstić information content (AvgIpc) is 2.47. The first kappa shape index (κ1) is 51.0. The largest absolute Gasteiger partial charge is 1.00 e. The van der Waals surface area contributed by atoms with Gasteiger partial charge in [0.2, 0.25) is 0 Å². The van der Waals surface area contributed by atoms with Gasteiger partial charge in [-0.15, -0.1) is 0 Å². The maximum Gasteiger partial charge on any atom is 1.00 e. The van der Waals surface area contributed by atoms with Crippen molar-refractivity contribution >= 4 is 69.9 Å². The maximum absolute atomic E-state index is 12.1. The molecule has 0 aliphatic carbocycles. The van der Waals surface area contributed by atoms with Crippen LogP contribution in [0.1, 0.15) is 83.1 Å². The monoisotopic (exact) mass is 813 g/mol. The Morgan fingerprint density at radius 1 is 0.763 bits per heavy atom. The van der Waals surface area contributed by atoms with Crippen LogP contribution in [-0.2, 0) is 45.3 Å². The zero-order valence-corrected chi connectivity index (χ0v) is 35.0. The molecule has 0 saturated heterocycles. The van der Waals surface area contributed by atoms with Gasteiger partial charge >= 0.3 is 68.5 Å². The van der Waals surface area contributed by atoms with Gasteiger partial charge in [0.25, 0.3) is 13.9 Å². The molecule has 38 heavy (non-hydrogen) atoms. The fourth-order valence-corrected chi connectivity index (χ4v) is 5.68. The van der Waals surface area contributed by atoms with Crippen molar-refractivity contribution in [3.8, 4) is 0 Å². The van der Waals surface area contributed by atoms with Crippen LogP contribution in [0.3, 0.4) is 0 Å². The summed E-state index contributed by atoms with van der Waals surface area (Å²) < 4.78 is 71.5. The van der Waals surface area contributed by atoms with E-state index < -0.39 is 47.4 Å². The molecule has 0 aromatic heterocycles. The Bertz CT molecular complexity index is 771. The molecule has 0 aliphatic rings. The number of hydrogen-bond donors (Lipinski definition) is 0. The normalized spacial score (nSPS) is 13.0. The van der Waals surface area contributed by atoms with E-state index in [0.29, 0.717) is 0 Å². The summed E-state index contributed by atoms with van der Waals surface area (Å²) in [5.41, 5.74) is -2.73. The first-order valence-electron chi connectivity index (χ1n) is 10.4. The fourth-order valence-electron chi connectivity index (χ4n) is 1.55. The Balaban J connectivity index is -0.000000144. The molecule has 0 aromatic carbocycles. The summed E-state index contributed by atoms with van der Waals surface area (Å²) in [6.07, 6.45) is 0. The minimum atomic E-state index is -4.19. The fraction of sp³-hybridized carbons (Fsp3) is 1.00. The second-order valence-electron chi connectivity index (χ2n) is 10.6. The van der Waals surface area contributed by atoms with Crippen molar-refractivity contribution in [2.75, 3.05) is 17.1 Å². The third kappa shape index (κ3) is 46.3. The van der Waals surface area contributed by atoms with Crippen molar-refractivity contribution in [3.63, 3.8) is 0 Å². The van der Waals surface area contributed by atoms with Crippen molar-refractivity contribution in [3.05, 3.63) is 0 Å². The third-order valence-electron chi connectivity index (χ3n) is 1.94. The van der Waals surface area contributed by atoms with E-state index in [4.69, 9.17) is 34.2 Å². The average molecular weight is 815 g/mol. The second kappa shape index (κ2) is 22.0. The first-order valence-corrected chi connectivity index (χ1v) is 18.9. The predicted molar refractivity (Wildman–Crippen MR) is 152 cm³/mol. The molecule has 0 rings (SSSR count). The van der Waals surface area contributed by atoms with E-state index >= 15 is 0 Å². The van der Waals surface area contributed by atoms with Crippen LogP contribution >= 0.6 is 60.5 Å². The number of rotatable bonds is 8. The van der Waals surface area contributed by atoms with Gasteiger partial charge in [0, 0.05) is 10.7 Å². The minimum absolute atomic E-state index is 0. The van der Waals surface area contributed by atoms with Crippen molar-refractivity contribution in [2.45, 2.75) is 105 Å². The van der Waals surface area contributed by atoms with E-state index in [1.165, 1.54) is 0 Å². The number of hydrogen-bond acceptors (Lipinski definition) is 11. The Hall–Kier alpha value is 3.37. The summed E-state index contributed by atoms with van der Waals surface area (Å²) in [4.78, 5) is 13.2. The molecule has 11 nitrogen and oxygen atoms in total. The number of halogens is 4. The molecule has 19 heteroatoms. The third-order valence-corrected chi connectivity index (χ3v) is 6.66. The second-order valence-corrected chi connectivity index (χ2v) is 16.0. The minimum Gasteiger partial charge on any atom is -0.756 e. The van der Waals surface area contributed by atoms with E-state index in [0.717, 1.165) is 0 Å². The molecular formula is C19H44Cl3IKO11P2S+. The van der Waals surface area contributed by atoms with Gasteiger partial charge in [0.15, 0.2) is 0 Å². The quantitative estimate of drug-likeness (QED) is 0.116. The van der Waals surface area contributed by atoms with Gasteiger partial charge in [0.05, 0.1) is 22.4 Å². The molecule has 0 fully saturated rings. The molecule has 0 aliphatic heterocycles. The topological polar surface area (TPSA) is 147 Å². The van der Waals surface area contributed by atoms with Gasteiger partial charge in [-0.2, -0.15) is 12.6 Å². The van der Waals surface area contributed by atoms with Crippen LogP contribution in [0.2, 0.25) is 0 Å². The van der Waals surface area contributed by atoms with Crippen LogP contribution in [0.4, 0.5) is 0 Å². The number of phosphoric ester groups is 2. The molecule has 0 amide bonds. The van der Waals surface area contributed by atoms with Gasteiger partial charge in [0.1, 0.15) is 17.7 Å². The molecule has 230 valence electrons. The van der Waals surface area contributed by atoms with Crippen molar-refractivity contribution < 1.29 is 112 Å².